The lowest BCUT2D eigenvalue weighted by Gasteiger charge is -2.07. The van der Waals surface area contributed by atoms with Gasteiger partial charge in [0.15, 0.2) is 5.82 Å². The molecule has 21 heavy (non-hydrogen) atoms. The molecular weight excluding hydrogens is 337 g/mol. The van der Waals surface area contributed by atoms with E-state index < -0.39 is 0 Å². The Bertz CT molecular complexity index is 749. The molecule has 0 unspecified atom stereocenters. The lowest BCUT2D eigenvalue weighted by Crippen LogP contribution is -2.01. The van der Waals surface area contributed by atoms with E-state index in [9.17, 15) is 4.39 Å². The maximum absolute atomic E-state index is 13.7. The average Bonchev–Trinajstić information content (AvgIpc) is 2.94. The zero-order valence-electron chi connectivity index (χ0n) is 11.1. The molecule has 1 aromatic heterocycles. The topological polar surface area (TPSA) is 69.6 Å². The molecule has 0 aliphatic carbocycles. The third kappa shape index (κ3) is 2.52. The van der Waals surface area contributed by atoms with Crippen molar-refractivity contribution >= 4 is 21.6 Å². The second kappa shape index (κ2) is 5.25. The smallest absolute Gasteiger partial charge is 0.187 e. The Balaban J connectivity index is 2.12. The molecule has 2 N–H and O–H groups in total. The summed E-state index contributed by atoms with van der Waals surface area (Å²) in [7, 11) is 0. The van der Waals surface area contributed by atoms with Gasteiger partial charge >= 0.3 is 0 Å². The van der Waals surface area contributed by atoms with Gasteiger partial charge in [-0.2, -0.15) is 4.68 Å². The van der Waals surface area contributed by atoms with Gasteiger partial charge in [-0.3, -0.25) is 0 Å². The Morgan fingerprint density at radius 2 is 2.00 bits per heavy atom. The fourth-order valence-electron chi connectivity index (χ4n) is 1.97. The molecule has 3 rings (SSSR count). The molecule has 3 aromatic rings. The Kier molecular flexibility index (Phi) is 3.42. The van der Waals surface area contributed by atoms with Crippen LogP contribution in [0.2, 0.25) is 0 Å². The maximum Gasteiger partial charge on any atom is 0.187 e. The Morgan fingerprint density at radius 3 is 2.71 bits per heavy atom. The van der Waals surface area contributed by atoms with Crippen molar-refractivity contribution in [2.24, 2.45) is 0 Å². The Morgan fingerprint density at radius 1 is 1.19 bits per heavy atom. The third-order valence-corrected chi connectivity index (χ3v) is 3.79. The van der Waals surface area contributed by atoms with Crippen molar-refractivity contribution in [1.29, 1.82) is 0 Å². The number of benzene rings is 2. The molecule has 0 saturated heterocycles. The summed E-state index contributed by atoms with van der Waals surface area (Å²) in [6.45, 7) is 1.91. The normalized spacial score (nSPS) is 10.8. The highest BCUT2D eigenvalue weighted by Gasteiger charge is 2.13. The first-order chi connectivity index (χ1) is 10.1. The van der Waals surface area contributed by atoms with Gasteiger partial charge in [-0.1, -0.05) is 0 Å². The van der Waals surface area contributed by atoms with Crippen LogP contribution in [-0.2, 0) is 0 Å². The SMILES string of the molecule is Cc1cc(-c2nnnn2-c2ccc(Br)c(F)c2)ccc1N. The van der Waals surface area contributed by atoms with Gasteiger partial charge in [0.05, 0.1) is 10.2 Å². The molecule has 2 aromatic carbocycles. The van der Waals surface area contributed by atoms with Crippen LogP contribution < -0.4 is 5.73 Å². The predicted octanol–water partition coefficient (Wildman–Crippen LogP) is 3.12. The molecule has 0 spiro atoms. The number of hydrogen-bond donors (Lipinski definition) is 1. The number of nitrogens with two attached hydrogens (primary N) is 1. The van der Waals surface area contributed by atoms with Crippen LogP contribution in [0, 0.1) is 12.7 Å². The molecule has 0 radical (unpaired) electrons. The van der Waals surface area contributed by atoms with Crippen molar-refractivity contribution in [1.82, 2.24) is 20.2 Å². The number of rotatable bonds is 2. The highest BCUT2D eigenvalue weighted by molar-refractivity contribution is 9.10. The van der Waals surface area contributed by atoms with Gasteiger partial charge in [0.2, 0.25) is 0 Å². The van der Waals surface area contributed by atoms with Crippen LogP contribution in [0.3, 0.4) is 0 Å². The molecule has 5 nitrogen and oxygen atoms in total. The van der Waals surface area contributed by atoms with Gasteiger partial charge in [0, 0.05) is 17.3 Å². The minimum absolute atomic E-state index is 0.373. The molecule has 1 heterocycles. The van der Waals surface area contributed by atoms with Crippen LogP contribution in [0.25, 0.3) is 17.1 Å². The van der Waals surface area contributed by atoms with E-state index in [1.54, 1.807) is 18.2 Å². The summed E-state index contributed by atoms with van der Waals surface area (Å²) in [5.74, 6) is 0.155. The highest BCUT2D eigenvalue weighted by Crippen LogP contribution is 2.24. The molecule has 0 atom stereocenters. The molecule has 0 amide bonds. The molecule has 0 fully saturated rings. The highest BCUT2D eigenvalue weighted by atomic mass is 79.9. The summed E-state index contributed by atoms with van der Waals surface area (Å²) in [4.78, 5) is 0. The van der Waals surface area contributed by atoms with Crippen LogP contribution in [0.4, 0.5) is 10.1 Å². The fourth-order valence-corrected chi connectivity index (χ4v) is 2.22. The van der Waals surface area contributed by atoms with Crippen molar-refractivity contribution < 1.29 is 4.39 Å². The maximum atomic E-state index is 13.7. The van der Waals surface area contributed by atoms with Crippen molar-refractivity contribution in [2.45, 2.75) is 6.92 Å². The lowest BCUT2D eigenvalue weighted by atomic mass is 10.1. The first kappa shape index (κ1) is 13.7. The zero-order valence-corrected chi connectivity index (χ0v) is 12.7. The van der Waals surface area contributed by atoms with E-state index in [0.29, 0.717) is 21.7 Å². The van der Waals surface area contributed by atoms with Crippen LogP contribution in [-0.4, -0.2) is 20.2 Å². The number of nitrogens with zero attached hydrogens (tertiary/aromatic N) is 4. The minimum Gasteiger partial charge on any atom is -0.399 e. The molecule has 106 valence electrons. The van der Waals surface area contributed by atoms with Crippen LogP contribution >= 0.6 is 15.9 Å². The van der Waals surface area contributed by atoms with Gasteiger partial charge in [-0.25, -0.2) is 4.39 Å². The number of anilines is 1. The number of halogens is 2. The molecule has 0 saturated carbocycles. The van der Waals surface area contributed by atoms with Crippen molar-refractivity contribution in [3.63, 3.8) is 0 Å². The standard InChI is InChI=1S/C14H11BrFN5/c1-8-6-9(2-5-13(8)17)14-18-19-20-21(14)10-3-4-11(15)12(16)7-10/h2-7H,17H2,1H3. The molecular formula is C14H11BrFN5. The van der Waals surface area contributed by atoms with Gasteiger partial charge in [0.1, 0.15) is 5.82 Å². The van der Waals surface area contributed by atoms with E-state index in [2.05, 4.69) is 31.5 Å². The van der Waals surface area contributed by atoms with Crippen LogP contribution in [0.15, 0.2) is 40.9 Å². The Hall–Kier alpha value is -2.28. The molecule has 7 heteroatoms. The van der Waals surface area contributed by atoms with Gasteiger partial charge in [-0.05, 0) is 69.2 Å². The first-order valence-corrected chi connectivity index (χ1v) is 6.96. The van der Waals surface area contributed by atoms with Crippen molar-refractivity contribution in [3.8, 4) is 17.1 Å². The summed E-state index contributed by atoms with van der Waals surface area (Å²) in [5, 5.41) is 11.6. The summed E-state index contributed by atoms with van der Waals surface area (Å²) in [6.07, 6.45) is 0. The van der Waals surface area contributed by atoms with Crippen molar-refractivity contribution in [2.75, 3.05) is 5.73 Å². The monoisotopic (exact) mass is 347 g/mol. The molecule has 0 aliphatic heterocycles. The predicted molar refractivity (Wildman–Crippen MR) is 81.4 cm³/mol. The van der Waals surface area contributed by atoms with Gasteiger partial charge in [-0.15, -0.1) is 5.10 Å². The van der Waals surface area contributed by atoms with Crippen LogP contribution in [0.5, 0.6) is 0 Å². The van der Waals surface area contributed by atoms with E-state index in [1.165, 1.54) is 10.7 Å². The van der Waals surface area contributed by atoms with Gasteiger partial charge in [0.25, 0.3) is 0 Å². The van der Waals surface area contributed by atoms with E-state index >= 15 is 0 Å². The second-order valence-corrected chi connectivity index (χ2v) is 5.44. The molecule has 0 bridgehead atoms. The Labute approximate surface area is 128 Å². The van der Waals surface area contributed by atoms with E-state index in [-0.39, 0.29) is 5.82 Å². The van der Waals surface area contributed by atoms with E-state index in [4.69, 9.17) is 5.73 Å². The summed E-state index contributed by atoms with van der Waals surface area (Å²) < 4.78 is 15.6. The minimum atomic E-state index is -0.373. The number of aryl methyl sites for hydroxylation is 1. The number of aromatic nitrogens is 4. The summed E-state index contributed by atoms with van der Waals surface area (Å²) in [5.41, 5.74) is 8.81. The van der Waals surface area contributed by atoms with Crippen molar-refractivity contribution in [3.05, 3.63) is 52.3 Å². The number of nitrogen functional groups attached to an aromatic ring is 1. The molecule has 0 aliphatic rings. The van der Waals surface area contributed by atoms with Gasteiger partial charge < -0.3 is 5.73 Å². The number of tetrazole rings is 1. The van der Waals surface area contributed by atoms with Crippen LogP contribution in [0.1, 0.15) is 5.56 Å². The average molecular weight is 348 g/mol. The quantitative estimate of drug-likeness (QED) is 0.723. The first-order valence-electron chi connectivity index (χ1n) is 6.16. The largest absolute Gasteiger partial charge is 0.399 e. The second-order valence-electron chi connectivity index (χ2n) is 4.58. The number of hydrogen-bond acceptors (Lipinski definition) is 4. The van der Waals surface area contributed by atoms with E-state index in [1.807, 2.05) is 19.1 Å². The van der Waals surface area contributed by atoms with E-state index in [0.717, 1.165) is 11.1 Å². The third-order valence-electron chi connectivity index (χ3n) is 3.15. The zero-order chi connectivity index (χ0) is 15.0. The fraction of sp³-hybridized carbons (Fsp3) is 0.0714. The summed E-state index contributed by atoms with van der Waals surface area (Å²) in [6, 6.07) is 10.2. The lowest BCUT2D eigenvalue weighted by molar-refractivity contribution is 0.618. The summed E-state index contributed by atoms with van der Waals surface area (Å²) >= 11 is 3.12.